The number of amides is 1. The first-order chi connectivity index (χ1) is 9.72. The molecular formula is C16H23N3O. The highest BCUT2D eigenvalue weighted by molar-refractivity contribution is 5.79. The molecule has 0 radical (unpaired) electrons. The van der Waals surface area contributed by atoms with Crippen molar-refractivity contribution >= 4 is 5.91 Å². The number of nitrogens with zero attached hydrogens (tertiary/aromatic N) is 2. The van der Waals surface area contributed by atoms with Gasteiger partial charge in [-0.15, -0.1) is 6.58 Å². The topological polar surface area (TPSA) is 35.6 Å². The third-order valence-corrected chi connectivity index (χ3v) is 3.65. The maximum atomic E-state index is 12.4. The van der Waals surface area contributed by atoms with E-state index in [1.165, 1.54) is 5.56 Å². The minimum atomic E-state index is 0.146. The van der Waals surface area contributed by atoms with Gasteiger partial charge in [-0.2, -0.15) is 0 Å². The van der Waals surface area contributed by atoms with Gasteiger partial charge in [0, 0.05) is 26.2 Å². The lowest BCUT2D eigenvalue weighted by Gasteiger charge is -2.40. The van der Waals surface area contributed by atoms with Crippen LogP contribution in [0.25, 0.3) is 0 Å². The van der Waals surface area contributed by atoms with E-state index in [4.69, 9.17) is 0 Å². The molecule has 1 N–H and O–H groups in total. The van der Waals surface area contributed by atoms with Gasteiger partial charge in [0.2, 0.25) is 5.91 Å². The smallest absolute Gasteiger partial charge is 0.237 e. The van der Waals surface area contributed by atoms with Crippen molar-refractivity contribution in [2.45, 2.75) is 6.04 Å². The third kappa shape index (κ3) is 3.68. The lowest BCUT2D eigenvalue weighted by Crippen LogP contribution is -2.51. The molecule has 1 atom stereocenters. The molecule has 0 aliphatic carbocycles. The number of benzene rings is 1. The molecule has 1 saturated heterocycles. The van der Waals surface area contributed by atoms with Crippen LogP contribution in [0.15, 0.2) is 43.0 Å². The van der Waals surface area contributed by atoms with Gasteiger partial charge in [0.1, 0.15) is 0 Å². The van der Waals surface area contributed by atoms with Gasteiger partial charge in [-0.05, 0) is 12.6 Å². The average molecular weight is 273 g/mol. The van der Waals surface area contributed by atoms with Gasteiger partial charge in [-0.1, -0.05) is 36.4 Å². The summed E-state index contributed by atoms with van der Waals surface area (Å²) >= 11 is 0. The Bertz CT molecular complexity index is 446. The number of likely N-dealkylation sites (N-methyl/N-ethyl adjacent to an activating group) is 1. The molecule has 4 heteroatoms. The number of carbonyl (C=O) groups is 1. The highest BCUT2D eigenvalue weighted by atomic mass is 16.2. The van der Waals surface area contributed by atoms with E-state index in [1.807, 2.05) is 23.1 Å². The summed E-state index contributed by atoms with van der Waals surface area (Å²) in [5, 5.41) is 3.09. The van der Waals surface area contributed by atoms with Crippen LogP contribution in [0, 0.1) is 0 Å². The molecule has 108 valence electrons. The molecule has 1 aliphatic rings. The zero-order valence-corrected chi connectivity index (χ0v) is 12.1. The van der Waals surface area contributed by atoms with E-state index in [-0.39, 0.29) is 11.9 Å². The van der Waals surface area contributed by atoms with Crippen molar-refractivity contribution in [2.75, 3.05) is 39.8 Å². The third-order valence-electron chi connectivity index (χ3n) is 3.65. The number of carbonyl (C=O) groups excluding carboxylic acids is 1. The molecule has 1 heterocycles. The Kier molecular flexibility index (Phi) is 5.32. The number of hydrogen-bond donors (Lipinski definition) is 1. The first-order valence-corrected chi connectivity index (χ1v) is 7.07. The first-order valence-electron chi connectivity index (χ1n) is 7.07. The molecule has 1 aromatic carbocycles. The van der Waals surface area contributed by atoms with Crippen molar-refractivity contribution < 1.29 is 4.79 Å². The first kappa shape index (κ1) is 14.8. The molecule has 4 nitrogen and oxygen atoms in total. The zero-order valence-electron chi connectivity index (χ0n) is 12.1. The maximum Gasteiger partial charge on any atom is 0.237 e. The zero-order chi connectivity index (χ0) is 14.4. The van der Waals surface area contributed by atoms with Crippen LogP contribution in [0.4, 0.5) is 0 Å². The second-order valence-corrected chi connectivity index (χ2v) is 5.20. The normalized spacial score (nSPS) is 19.9. The molecule has 0 saturated carbocycles. The summed E-state index contributed by atoms with van der Waals surface area (Å²) in [5.41, 5.74) is 1.20. The summed E-state index contributed by atoms with van der Waals surface area (Å²) in [4.78, 5) is 16.6. The fourth-order valence-electron chi connectivity index (χ4n) is 2.56. The van der Waals surface area contributed by atoms with Crippen LogP contribution in [0.3, 0.4) is 0 Å². The number of rotatable bonds is 5. The summed E-state index contributed by atoms with van der Waals surface area (Å²) in [6, 6.07) is 10.4. The Morgan fingerprint density at radius 2 is 2.15 bits per heavy atom. The Balaban J connectivity index is 2.08. The average Bonchev–Trinajstić information content (AvgIpc) is 2.48. The largest absolute Gasteiger partial charge is 0.332 e. The number of hydrogen-bond acceptors (Lipinski definition) is 3. The molecule has 1 aliphatic heterocycles. The van der Waals surface area contributed by atoms with Gasteiger partial charge >= 0.3 is 0 Å². The molecular weight excluding hydrogens is 250 g/mol. The van der Waals surface area contributed by atoms with Crippen LogP contribution in [-0.2, 0) is 4.79 Å². The van der Waals surface area contributed by atoms with Crippen molar-refractivity contribution in [3.63, 3.8) is 0 Å². The van der Waals surface area contributed by atoms with Gasteiger partial charge in [-0.25, -0.2) is 0 Å². The van der Waals surface area contributed by atoms with Crippen molar-refractivity contribution in [2.24, 2.45) is 0 Å². The van der Waals surface area contributed by atoms with E-state index in [1.54, 1.807) is 6.08 Å². The standard InChI is InChI=1S/C16H23N3O/c1-3-9-17-12-16(20)19-11-10-18(2)13-15(19)14-7-5-4-6-8-14/h3-8,15,17H,1,9-13H2,2H3. The highest BCUT2D eigenvalue weighted by Gasteiger charge is 2.29. The SMILES string of the molecule is C=CCNCC(=O)N1CCN(C)CC1c1ccccc1. The highest BCUT2D eigenvalue weighted by Crippen LogP contribution is 2.24. The fraction of sp³-hybridized carbons (Fsp3) is 0.438. The van der Waals surface area contributed by atoms with Crippen molar-refractivity contribution in [1.82, 2.24) is 15.1 Å². The second kappa shape index (κ2) is 7.22. The van der Waals surface area contributed by atoms with Crippen molar-refractivity contribution in [3.8, 4) is 0 Å². The molecule has 20 heavy (non-hydrogen) atoms. The predicted molar refractivity (Wildman–Crippen MR) is 81.5 cm³/mol. The van der Waals surface area contributed by atoms with Crippen LogP contribution in [0.1, 0.15) is 11.6 Å². The lowest BCUT2D eigenvalue weighted by atomic mass is 10.0. The molecule has 0 aromatic heterocycles. The van der Waals surface area contributed by atoms with Gasteiger partial charge in [0.15, 0.2) is 0 Å². The van der Waals surface area contributed by atoms with Gasteiger partial charge in [-0.3, -0.25) is 4.79 Å². The van der Waals surface area contributed by atoms with Crippen LogP contribution < -0.4 is 5.32 Å². The Morgan fingerprint density at radius 3 is 2.85 bits per heavy atom. The van der Waals surface area contributed by atoms with E-state index >= 15 is 0 Å². The van der Waals surface area contributed by atoms with Gasteiger partial charge in [0.25, 0.3) is 0 Å². The molecule has 0 bridgehead atoms. The van der Waals surface area contributed by atoms with E-state index in [9.17, 15) is 4.79 Å². The maximum absolute atomic E-state index is 12.4. The molecule has 0 spiro atoms. The minimum Gasteiger partial charge on any atom is -0.332 e. The van der Waals surface area contributed by atoms with Crippen molar-refractivity contribution in [1.29, 1.82) is 0 Å². The summed E-state index contributed by atoms with van der Waals surface area (Å²) < 4.78 is 0. The van der Waals surface area contributed by atoms with E-state index < -0.39 is 0 Å². The van der Waals surface area contributed by atoms with Crippen molar-refractivity contribution in [3.05, 3.63) is 48.6 Å². The predicted octanol–water partition coefficient (Wildman–Crippen LogP) is 1.28. The molecule has 1 fully saturated rings. The second-order valence-electron chi connectivity index (χ2n) is 5.20. The fourth-order valence-corrected chi connectivity index (χ4v) is 2.56. The van der Waals surface area contributed by atoms with Crippen LogP contribution in [0.5, 0.6) is 0 Å². The lowest BCUT2D eigenvalue weighted by molar-refractivity contribution is -0.135. The summed E-state index contributed by atoms with van der Waals surface area (Å²) in [5.74, 6) is 0.161. The van der Waals surface area contributed by atoms with Gasteiger partial charge < -0.3 is 15.1 Å². The Labute approximate surface area is 121 Å². The van der Waals surface area contributed by atoms with Crippen LogP contribution >= 0.6 is 0 Å². The van der Waals surface area contributed by atoms with Crippen LogP contribution in [0.2, 0.25) is 0 Å². The van der Waals surface area contributed by atoms with E-state index in [2.05, 4.69) is 36.0 Å². The Morgan fingerprint density at radius 1 is 1.40 bits per heavy atom. The van der Waals surface area contributed by atoms with E-state index in [0.29, 0.717) is 13.1 Å². The summed E-state index contributed by atoms with van der Waals surface area (Å²) in [6.07, 6.45) is 1.77. The van der Waals surface area contributed by atoms with Crippen LogP contribution in [-0.4, -0.2) is 55.5 Å². The van der Waals surface area contributed by atoms with Gasteiger partial charge in [0.05, 0.1) is 12.6 Å². The Hall–Kier alpha value is -1.65. The summed E-state index contributed by atoms with van der Waals surface area (Å²) in [6.45, 7) is 7.28. The number of piperazine rings is 1. The monoisotopic (exact) mass is 273 g/mol. The molecule has 1 aromatic rings. The minimum absolute atomic E-state index is 0.146. The molecule has 2 rings (SSSR count). The van der Waals surface area contributed by atoms with E-state index in [0.717, 1.165) is 19.6 Å². The molecule has 1 amide bonds. The number of nitrogens with one attached hydrogen (secondary N) is 1. The quantitative estimate of drug-likeness (QED) is 0.648. The summed E-state index contributed by atoms with van der Waals surface area (Å²) in [7, 11) is 2.10. The molecule has 1 unspecified atom stereocenters.